The van der Waals surface area contributed by atoms with Crippen molar-refractivity contribution in [3.8, 4) is 17.1 Å². The predicted molar refractivity (Wildman–Crippen MR) is 235 cm³/mol. The summed E-state index contributed by atoms with van der Waals surface area (Å²) in [6, 6.07) is 71.3. The summed E-state index contributed by atoms with van der Waals surface area (Å²) in [5, 5.41) is 19.9. The summed E-state index contributed by atoms with van der Waals surface area (Å²) in [6.07, 6.45) is 0. The molecule has 0 unspecified atom stereocenters. The average Bonchev–Trinajstić information content (AvgIpc) is 3.65. The van der Waals surface area contributed by atoms with Crippen LogP contribution in [0, 0.1) is 0 Å². The van der Waals surface area contributed by atoms with Gasteiger partial charge in [0.1, 0.15) is 5.82 Å². The maximum Gasteiger partial charge on any atom is 0.145 e. The molecular weight excluding hydrogens is 665 g/mol. The van der Waals surface area contributed by atoms with Crippen molar-refractivity contribution in [1.82, 2.24) is 9.55 Å². The second-order valence-electron chi connectivity index (χ2n) is 14.6. The third-order valence-corrected chi connectivity index (χ3v) is 11.7. The zero-order valence-corrected chi connectivity index (χ0v) is 29.9. The number of imidazole rings is 1. The molecule has 2 heteroatoms. The SMILES string of the molecule is c1ccc(-n2c(-c3ccc4c5ccccc5c5ccccc5c5ccccc5c5c(cc6ccc7cccc8ccc5c6c78)c4c3)nc3ccccc32)cc1. The number of benzene rings is 10. The van der Waals surface area contributed by atoms with Crippen molar-refractivity contribution in [3.05, 3.63) is 194 Å². The smallest absolute Gasteiger partial charge is 0.145 e. The fourth-order valence-electron chi connectivity index (χ4n) is 9.35. The molecule has 0 aliphatic heterocycles. The number of hydrogen-bond donors (Lipinski definition) is 0. The van der Waals surface area contributed by atoms with Crippen molar-refractivity contribution >= 4 is 97.2 Å². The van der Waals surface area contributed by atoms with Crippen LogP contribution in [-0.2, 0) is 0 Å². The summed E-state index contributed by atoms with van der Waals surface area (Å²) in [5.74, 6) is 0.922. The highest BCUT2D eigenvalue weighted by Crippen LogP contribution is 2.44. The highest BCUT2D eigenvalue weighted by molar-refractivity contribution is 6.36. The molecule has 12 aromatic rings. The highest BCUT2D eigenvalue weighted by atomic mass is 15.1. The lowest BCUT2D eigenvalue weighted by molar-refractivity contribution is 1.10. The standard InChI is InChI=1S/C53H32N2/c1-2-15-37(16-3-1)55-49-24-11-10-23-48(49)54-53(55)36-28-29-43-41-20-7-5-18-39(41)38-17-4-6-19-40(38)42-21-8-9-22-44(42)52-45-30-27-34-14-12-13-33-25-26-35(51(45)50(33)34)31-47(52)46(43)32-36/h1-32H. The first-order chi connectivity index (χ1) is 27.3. The van der Waals surface area contributed by atoms with Crippen LogP contribution in [0.2, 0.25) is 0 Å². The van der Waals surface area contributed by atoms with Gasteiger partial charge in [0.05, 0.1) is 11.0 Å². The second-order valence-corrected chi connectivity index (χ2v) is 14.6. The third kappa shape index (κ3) is 4.40. The lowest BCUT2D eigenvalue weighted by atomic mass is 9.87. The quantitative estimate of drug-likeness (QED) is 0.165. The molecule has 0 fully saturated rings. The monoisotopic (exact) mass is 696 g/mol. The summed E-state index contributed by atoms with van der Waals surface area (Å²) in [4.78, 5) is 5.33. The van der Waals surface area contributed by atoms with Crippen LogP contribution < -0.4 is 0 Å². The Balaban J connectivity index is 1.38. The lowest BCUT2D eigenvalue weighted by Crippen LogP contribution is -1.97. The summed E-state index contributed by atoms with van der Waals surface area (Å²) < 4.78 is 2.30. The Morgan fingerprint density at radius 3 is 1.56 bits per heavy atom. The second kappa shape index (κ2) is 11.6. The fraction of sp³-hybridized carbons (Fsp3) is 0. The van der Waals surface area contributed by atoms with Crippen LogP contribution in [0.15, 0.2) is 194 Å². The topological polar surface area (TPSA) is 17.8 Å². The summed E-state index contributed by atoms with van der Waals surface area (Å²) in [5.41, 5.74) is 4.22. The molecule has 0 saturated carbocycles. The molecule has 0 bridgehead atoms. The fourth-order valence-corrected chi connectivity index (χ4v) is 9.35. The Labute approximate surface area is 316 Å². The van der Waals surface area contributed by atoms with E-state index in [1.54, 1.807) is 0 Å². The van der Waals surface area contributed by atoms with Crippen molar-refractivity contribution in [3.63, 3.8) is 0 Å². The lowest BCUT2D eigenvalue weighted by Gasteiger charge is -2.16. The van der Waals surface area contributed by atoms with Gasteiger partial charge in [0.15, 0.2) is 0 Å². The molecule has 0 aliphatic rings. The maximum atomic E-state index is 5.33. The van der Waals surface area contributed by atoms with Crippen LogP contribution in [0.3, 0.4) is 0 Å². The Kier molecular flexibility index (Phi) is 6.37. The molecule has 11 aromatic carbocycles. The van der Waals surface area contributed by atoms with E-state index < -0.39 is 0 Å². The van der Waals surface area contributed by atoms with Crippen LogP contribution in [0.25, 0.3) is 114 Å². The normalized spacial score (nSPS) is 12.0. The average molecular weight is 697 g/mol. The van der Waals surface area contributed by atoms with Gasteiger partial charge >= 0.3 is 0 Å². The van der Waals surface area contributed by atoms with Crippen molar-refractivity contribution < 1.29 is 0 Å². The highest BCUT2D eigenvalue weighted by Gasteiger charge is 2.18. The van der Waals surface area contributed by atoms with Gasteiger partial charge in [0.25, 0.3) is 0 Å². The minimum absolute atomic E-state index is 0.922. The Morgan fingerprint density at radius 1 is 0.309 bits per heavy atom. The first-order valence-corrected chi connectivity index (χ1v) is 19.0. The van der Waals surface area contributed by atoms with E-state index >= 15 is 0 Å². The number of aromatic nitrogens is 2. The third-order valence-electron chi connectivity index (χ3n) is 11.7. The summed E-state index contributed by atoms with van der Waals surface area (Å²) in [7, 11) is 0. The molecule has 0 amide bonds. The van der Waals surface area contributed by atoms with Crippen LogP contribution in [-0.4, -0.2) is 9.55 Å². The van der Waals surface area contributed by atoms with Gasteiger partial charge in [-0.05, 0) is 123 Å². The molecule has 0 saturated heterocycles. The maximum absolute atomic E-state index is 5.33. The van der Waals surface area contributed by atoms with Gasteiger partial charge in [-0.15, -0.1) is 0 Å². The Morgan fingerprint density at radius 2 is 0.855 bits per heavy atom. The van der Waals surface area contributed by atoms with Crippen molar-refractivity contribution in [2.75, 3.05) is 0 Å². The molecule has 0 spiro atoms. The first kappa shape index (κ1) is 30.2. The van der Waals surface area contributed by atoms with Crippen LogP contribution in [0.5, 0.6) is 0 Å². The first-order valence-electron chi connectivity index (χ1n) is 19.0. The van der Waals surface area contributed by atoms with Gasteiger partial charge in [-0.3, -0.25) is 4.57 Å². The predicted octanol–water partition coefficient (Wildman–Crippen LogP) is 14.5. The van der Waals surface area contributed by atoms with E-state index in [2.05, 4.69) is 199 Å². The molecule has 2 nitrogen and oxygen atoms in total. The van der Waals surface area contributed by atoms with Gasteiger partial charge in [0, 0.05) is 11.3 Å². The molecular formula is C53H32N2. The number of nitrogens with zero attached hydrogens (tertiary/aromatic N) is 2. The minimum Gasteiger partial charge on any atom is -0.292 e. The van der Waals surface area contributed by atoms with Gasteiger partial charge in [0.2, 0.25) is 0 Å². The number of para-hydroxylation sites is 3. The molecule has 0 N–H and O–H groups in total. The molecule has 0 atom stereocenters. The molecule has 0 aliphatic carbocycles. The van der Waals surface area contributed by atoms with E-state index in [4.69, 9.17) is 4.98 Å². The number of fused-ring (bicyclic) bond motifs is 12. The largest absolute Gasteiger partial charge is 0.292 e. The zero-order chi connectivity index (χ0) is 36.0. The van der Waals surface area contributed by atoms with Crippen molar-refractivity contribution in [2.24, 2.45) is 0 Å². The molecule has 1 aromatic heterocycles. The van der Waals surface area contributed by atoms with Crippen molar-refractivity contribution in [2.45, 2.75) is 0 Å². The molecule has 12 rings (SSSR count). The van der Waals surface area contributed by atoms with E-state index in [0.29, 0.717) is 0 Å². The Bertz CT molecular complexity index is 3580. The van der Waals surface area contributed by atoms with E-state index in [9.17, 15) is 0 Å². The molecule has 1 heterocycles. The molecule has 55 heavy (non-hydrogen) atoms. The Hall–Kier alpha value is -7.29. The van der Waals surface area contributed by atoms with Gasteiger partial charge < -0.3 is 0 Å². The summed E-state index contributed by atoms with van der Waals surface area (Å²) in [6.45, 7) is 0. The molecule has 0 radical (unpaired) electrons. The number of rotatable bonds is 2. The van der Waals surface area contributed by atoms with Gasteiger partial charge in [-0.2, -0.15) is 0 Å². The van der Waals surface area contributed by atoms with E-state index in [1.807, 2.05) is 0 Å². The van der Waals surface area contributed by atoms with E-state index in [1.165, 1.54) is 86.2 Å². The number of hydrogen-bond acceptors (Lipinski definition) is 1. The van der Waals surface area contributed by atoms with Crippen LogP contribution in [0.4, 0.5) is 0 Å². The van der Waals surface area contributed by atoms with Crippen LogP contribution >= 0.6 is 0 Å². The van der Waals surface area contributed by atoms with Crippen molar-refractivity contribution in [1.29, 1.82) is 0 Å². The minimum atomic E-state index is 0.922. The zero-order valence-electron chi connectivity index (χ0n) is 29.9. The molecule has 254 valence electrons. The van der Waals surface area contributed by atoms with Gasteiger partial charge in [-0.1, -0.05) is 158 Å². The van der Waals surface area contributed by atoms with E-state index in [0.717, 1.165) is 28.1 Å². The van der Waals surface area contributed by atoms with Gasteiger partial charge in [-0.25, -0.2) is 4.98 Å². The van der Waals surface area contributed by atoms with Crippen LogP contribution in [0.1, 0.15) is 0 Å². The summed E-state index contributed by atoms with van der Waals surface area (Å²) >= 11 is 0. The van der Waals surface area contributed by atoms with E-state index in [-0.39, 0.29) is 0 Å².